The molecule has 1 aromatic heterocycles. The van der Waals surface area contributed by atoms with Crippen molar-refractivity contribution in [2.75, 3.05) is 26.5 Å². The molecule has 0 radical (unpaired) electrons. The van der Waals surface area contributed by atoms with Gasteiger partial charge in [0.1, 0.15) is 0 Å². The van der Waals surface area contributed by atoms with E-state index in [2.05, 4.69) is 40.7 Å². The van der Waals surface area contributed by atoms with Crippen LogP contribution >= 0.6 is 35.7 Å². The second-order valence-corrected chi connectivity index (χ2v) is 6.66. The average molecular weight is 438 g/mol. The van der Waals surface area contributed by atoms with E-state index < -0.39 is 0 Å². The summed E-state index contributed by atoms with van der Waals surface area (Å²) in [6.07, 6.45) is 3.85. The van der Waals surface area contributed by atoms with Gasteiger partial charge in [-0.15, -0.1) is 24.0 Å². The van der Waals surface area contributed by atoms with E-state index in [9.17, 15) is 0 Å². The van der Waals surface area contributed by atoms with E-state index in [1.165, 1.54) is 0 Å². The highest BCUT2D eigenvalue weighted by Gasteiger charge is 2.16. The summed E-state index contributed by atoms with van der Waals surface area (Å²) < 4.78 is 5.69. The molecule has 7 heteroatoms. The average Bonchev–Trinajstić information content (AvgIpc) is 2.49. The molecular weight excluding hydrogens is 411 g/mol. The molecule has 1 rings (SSSR count). The van der Waals surface area contributed by atoms with Gasteiger partial charge in [-0.1, -0.05) is 6.07 Å². The molecule has 0 atom stereocenters. The van der Waals surface area contributed by atoms with Gasteiger partial charge in [0.05, 0.1) is 6.61 Å². The van der Waals surface area contributed by atoms with Gasteiger partial charge in [0.15, 0.2) is 5.96 Å². The molecular formula is C15H27IN4OS. The lowest BCUT2D eigenvalue weighted by atomic mass is 10.2. The molecule has 0 unspecified atom stereocenters. The van der Waals surface area contributed by atoms with Crippen LogP contribution in [0.3, 0.4) is 0 Å². The molecule has 0 aromatic carbocycles. The first-order chi connectivity index (χ1) is 10.0. The molecule has 1 heterocycles. The minimum absolute atomic E-state index is 0. The first-order valence-electron chi connectivity index (χ1n) is 7.08. The van der Waals surface area contributed by atoms with Crippen LogP contribution in [-0.4, -0.2) is 42.1 Å². The van der Waals surface area contributed by atoms with Crippen LogP contribution in [0.25, 0.3) is 0 Å². The lowest BCUT2D eigenvalue weighted by Crippen LogP contribution is -2.43. The van der Waals surface area contributed by atoms with Crippen LogP contribution in [0.15, 0.2) is 23.3 Å². The Balaban J connectivity index is 0.00000441. The summed E-state index contributed by atoms with van der Waals surface area (Å²) in [5, 5.41) is 6.63. The Morgan fingerprint density at radius 3 is 2.73 bits per heavy atom. The maximum Gasteiger partial charge on any atom is 0.218 e. The Morgan fingerprint density at radius 2 is 2.14 bits per heavy atom. The summed E-state index contributed by atoms with van der Waals surface area (Å²) >= 11 is 1.83. The van der Waals surface area contributed by atoms with Gasteiger partial charge in [0.2, 0.25) is 5.88 Å². The number of aliphatic imine (C=N–C) groups is 1. The Morgan fingerprint density at radius 1 is 1.41 bits per heavy atom. The smallest absolute Gasteiger partial charge is 0.218 e. The fraction of sp³-hybridized carbons (Fsp3) is 0.600. The largest absolute Gasteiger partial charge is 0.478 e. The van der Waals surface area contributed by atoms with Crippen molar-refractivity contribution in [3.8, 4) is 5.88 Å². The van der Waals surface area contributed by atoms with Crippen molar-refractivity contribution in [1.29, 1.82) is 0 Å². The number of thioether (sulfide) groups is 1. The molecule has 5 nitrogen and oxygen atoms in total. The van der Waals surface area contributed by atoms with E-state index >= 15 is 0 Å². The third-order valence-corrected chi connectivity index (χ3v) is 4.28. The van der Waals surface area contributed by atoms with Gasteiger partial charge in [0.25, 0.3) is 0 Å². The van der Waals surface area contributed by atoms with Crippen molar-refractivity contribution in [2.45, 2.75) is 32.1 Å². The predicted molar refractivity (Wildman–Crippen MR) is 107 cm³/mol. The summed E-state index contributed by atoms with van der Waals surface area (Å²) in [7, 11) is 1.77. The molecule has 22 heavy (non-hydrogen) atoms. The molecule has 126 valence electrons. The molecule has 1 aromatic rings. The Hall–Kier alpha value is -0.700. The van der Waals surface area contributed by atoms with Gasteiger partial charge in [-0.3, -0.25) is 4.99 Å². The normalized spacial score (nSPS) is 11.6. The van der Waals surface area contributed by atoms with E-state index in [0.29, 0.717) is 19.0 Å². The fourth-order valence-corrected chi connectivity index (χ4v) is 1.81. The highest BCUT2D eigenvalue weighted by Crippen LogP contribution is 2.19. The maximum atomic E-state index is 5.52. The second kappa shape index (κ2) is 10.9. The van der Waals surface area contributed by atoms with Crippen molar-refractivity contribution < 1.29 is 4.74 Å². The highest BCUT2D eigenvalue weighted by atomic mass is 127. The number of hydrogen-bond acceptors (Lipinski definition) is 4. The monoisotopic (exact) mass is 438 g/mol. The molecule has 0 fully saturated rings. The number of ether oxygens (including phenoxy) is 1. The number of nitrogens with zero attached hydrogens (tertiary/aromatic N) is 2. The number of rotatable bonds is 7. The fourth-order valence-electron chi connectivity index (χ4n) is 1.59. The molecule has 0 aliphatic rings. The van der Waals surface area contributed by atoms with Crippen LogP contribution in [-0.2, 0) is 6.54 Å². The van der Waals surface area contributed by atoms with Gasteiger partial charge in [-0.05, 0) is 33.1 Å². The van der Waals surface area contributed by atoms with Crippen LogP contribution < -0.4 is 15.4 Å². The molecule has 0 amide bonds. The second-order valence-electron chi connectivity index (χ2n) is 5.14. The number of halogens is 1. The topological polar surface area (TPSA) is 58.5 Å². The molecule has 0 aliphatic carbocycles. The van der Waals surface area contributed by atoms with Gasteiger partial charge in [-0.2, -0.15) is 11.8 Å². The number of aromatic nitrogens is 1. The summed E-state index contributed by atoms with van der Waals surface area (Å²) in [6.45, 7) is 8.44. The quantitative estimate of drug-likeness (QED) is 0.390. The zero-order chi connectivity index (χ0) is 15.7. The first-order valence-corrected chi connectivity index (χ1v) is 8.31. The Bertz CT molecular complexity index is 469. The molecule has 0 bridgehead atoms. The minimum atomic E-state index is 0. The molecule has 0 spiro atoms. The van der Waals surface area contributed by atoms with Crippen LogP contribution in [0, 0.1) is 0 Å². The van der Waals surface area contributed by atoms with Gasteiger partial charge < -0.3 is 15.4 Å². The molecule has 0 saturated heterocycles. The van der Waals surface area contributed by atoms with Crippen LogP contribution in [0.5, 0.6) is 5.88 Å². The summed E-state index contributed by atoms with van der Waals surface area (Å²) in [5.74, 6) is 1.45. The Kier molecular flexibility index (Phi) is 10.6. The van der Waals surface area contributed by atoms with Crippen molar-refractivity contribution >= 4 is 41.7 Å². The lowest BCUT2D eigenvalue weighted by Gasteiger charge is -2.23. The Labute approximate surface area is 155 Å². The number of nitrogens with one attached hydrogen (secondary N) is 2. The third-order valence-electron chi connectivity index (χ3n) is 3.04. The minimum Gasteiger partial charge on any atom is -0.478 e. The van der Waals surface area contributed by atoms with Gasteiger partial charge in [0, 0.05) is 36.6 Å². The molecule has 2 N–H and O–H groups in total. The maximum absolute atomic E-state index is 5.52. The van der Waals surface area contributed by atoms with Crippen molar-refractivity contribution in [2.24, 2.45) is 4.99 Å². The number of hydrogen-bond donors (Lipinski definition) is 2. The van der Waals surface area contributed by atoms with Crippen LogP contribution in [0.2, 0.25) is 0 Å². The third kappa shape index (κ3) is 7.53. The van der Waals surface area contributed by atoms with E-state index in [0.717, 1.165) is 18.1 Å². The van der Waals surface area contributed by atoms with Crippen LogP contribution in [0.1, 0.15) is 26.3 Å². The summed E-state index contributed by atoms with van der Waals surface area (Å²) in [5.41, 5.74) is 1.02. The SMILES string of the molecule is CCOc1ncccc1CNC(=NC)NCC(C)(C)SC.I. The molecule has 0 aliphatic heterocycles. The standard InChI is InChI=1S/C15H26N4OS.HI/c1-6-20-13-12(8-7-9-17-13)10-18-14(16-4)19-11-15(2,3)21-5;/h7-9H,6,10-11H2,1-5H3,(H2,16,18,19);1H. The number of pyridine rings is 1. The number of guanidine groups is 1. The highest BCUT2D eigenvalue weighted by molar-refractivity contribution is 14.0. The van der Waals surface area contributed by atoms with E-state index in [4.69, 9.17) is 4.74 Å². The van der Waals surface area contributed by atoms with Crippen LogP contribution in [0.4, 0.5) is 0 Å². The zero-order valence-electron chi connectivity index (χ0n) is 14.0. The zero-order valence-corrected chi connectivity index (χ0v) is 17.1. The summed E-state index contributed by atoms with van der Waals surface area (Å²) in [4.78, 5) is 8.48. The lowest BCUT2D eigenvalue weighted by molar-refractivity contribution is 0.322. The van der Waals surface area contributed by atoms with Crippen molar-refractivity contribution in [3.63, 3.8) is 0 Å². The van der Waals surface area contributed by atoms with E-state index in [1.54, 1.807) is 13.2 Å². The van der Waals surface area contributed by atoms with Crippen molar-refractivity contribution in [3.05, 3.63) is 23.9 Å². The van der Waals surface area contributed by atoms with Gasteiger partial charge in [-0.25, -0.2) is 4.98 Å². The van der Waals surface area contributed by atoms with Crippen molar-refractivity contribution in [1.82, 2.24) is 15.6 Å². The van der Waals surface area contributed by atoms with Gasteiger partial charge >= 0.3 is 0 Å². The van der Waals surface area contributed by atoms with E-state index in [1.807, 2.05) is 30.8 Å². The van der Waals surface area contributed by atoms with E-state index in [-0.39, 0.29) is 28.7 Å². The predicted octanol–water partition coefficient (Wildman–Crippen LogP) is 2.90. The molecule has 0 saturated carbocycles. The first kappa shape index (κ1) is 21.3. The summed E-state index contributed by atoms with van der Waals surface area (Å²) in [6, 6.07) is 3.91.